The summed E-state index contributed by atoms with van der Waals surface area (Å²) < 4.78 is 2.18. The van der Waals surface area contributed by atoms with E-state index in [-0.39, 0.29) is 0 Å². The van der Waals surface area contributed by atoms with Crippen molar-refractivity contribution in [1.29, 1.82) is 0 Å². The number of rotatable bonds is 3. The molecule has 0 spiro atoms. The molecule has 2 rings (SSSR count). The van der Waals surface area contributed by atoms with Crippen molar-refractivity contribution in [3.8, 4) is 0 Å². The lowest BCUT2D eigenvalue weighted by Crippen LogP contribution is -2.40. The van der Waals surface area contributed by atoms with E-state index in [0.717, 1.165) is 6.54 Å². The summed E-state index contributed by atoms with van der Waals surface area (Å²) in [4.78, 5) is 2.40. The molecule has 1 fully saturated rings. The molecule has 2 heterocycles. The number of aryl methyl sites for hydroxylation is 1. The van der Waals surface area contributed by atoms with E-state index in [1.54, 1.807) is 0 Å². The summed E-state index contributed by atoms with van der Waals surface area (Å²) in [5.41, 5.74) is 1.37. The van der Waals surface area contributed by atoms with Crippen molar-refractivity contribution in [3.05, 3.63) is 24.0 Å². The molecule has 0 unspecified atom stereocenters. The van der Waals surface area contributed by atoms with Gasteiger partial charge in [0.2, 0.25) is 0 Å². The van der Waals surface area contributed by atoms with Crippen LogP contribution in [0.5, 0.6) is 0 Å². The minimum Gasteiger partial charge on any atom is -0.353 e. The second kappa shape index (κ2) is 4.81. The lowest BCUT2D eigenvalue weighted by molar-refractivity contribution is 0.233. The van der Waals surface area contributed by atoms with Crippen LogP contribution < -0.4 is 5.32 Å². The molecular weight excluding hydrogens is 186 g/mol. The fourth-order valence-corrected chi connectivity index (χ4v) is 2.14. The first-order valence-electron chi connectivity index (χ1n) is 5.78. The van der Waals surface area contributed by atoms with E-state index in [9.17, 15) is 0 Å². The molecule has 3 heteroatoms. The fourth-order valence-electron chi connectivity index (χ4n) is 2.14. The molecule has 15 heavy (non-hydrogen) atoms. The predicted molar refractivity (Wildman–Crippen MR) is 62.8 cm³/mol. The summed E-state index contributed by atoms with van der Waals surface area (Å²) in [6.45, 7) is 3.45. The summed E-state index contributed by atoms with van der Waals surface area (Å²) in [6, 6.07) is 4.99. The Morgan fingerprint density at radius 3 is 2.67 bits per heavy atom. The zero-order valence-corrected chi connectivity index (χ0v) is 9.74. The molecule has 0 aromatic carbocycles. The van der Waals surface area contributed by atoms with E-state index in [0.29, 0.717) is 6.04 Å². The molecule has 3 nitrogen and oxygen atoms in total. The maximum Gasteiger partial charge on any atom is 0.0361 e. The van der Waals surface area contributed by atoms with E-state index in [4.69, 9.17) is 0 Å². The maximum absolute atomic E-state index is 3.64. The molecule has 0 radical (unpaired) electrons. The Morgan fingerprint density at radius 2 is 2.07 bits per heavy atom. The summed E-state index contributed by atoms with van der Waals surface area (Å²) >= 11 is 0. The smallest absolute Gasteiger partial charge is 0.0361 e. The highest BCUT2D eigenvalue weighted by molar-refractivity contribution is 5.06. The molecule has 0 atom stereocenters. The van der Waals surface area contributed by atoms with Crippen molar-refractivity contribution in [2.24, 2.45) is 7.05 Å². The van der Waals surface area contributed by atoms with Crippen molar-refractivity contribution in [3.63, 3.8) is 0 Å². The Kier molecular flexibility index (Phi) is 3.44. The molecule has 1 aliphatic rings. The van der Waals surface area contributed by atoms with Gasteiger partial charge in [0.1, 0.15) is 0 Å². The van der Waals surface area contributed by atoms with Crippen LogP contribution in [-0.4, -0.2) is 35.6 Å². The standard InChI is InChI=1S/C12H21N3/c1-14-8-5-11(6-9-14)13-10-12-4-3-7-15(12)2/h3-4,7,11,13H,5-6,8-10H2,1-2H3. The Morgan fingerprint density at radius 1 is 1.33 bits per heavy atom. The molecule has 0 amide bonds. The van der Waals surface area contributed by atoms with Crippen molar-refractivity contribution in [1.82, 2.24) is 14.8 Å². The molecule has 0 bridgehead atoms. The van der Waals surface area contributed by atoms with E-state index < -0.39 is 0 Å². The molecule has 0 saturated carbocycles. The summed E-state index contributed by atoms with van der Waals surface area (Å²) in [5.74, 6) is 0. The van der Waals surface area contributed by atoms with Gasteiger partial charge < -0.3 is 14.8 Å². The maximum atomic E-state index is 3.64. The van der Waals surface area contributed by atoms with Gasteiger partial charge in [-0.1, -0.05) is 0 Å². The summed E-state index contributed by atoms with van der Waals surface area (Å²) in [6.07, 6.45) is 4.66. The van der Waals surface area contributed by atoms with Crippen LogP contribution in [0.3, 0.4) is 0 Å². The molecule has 0 aliphatic carbocycles. The Hall–Kier alpha value is -0.800. The van der Waals surface area contributed by atoms with Crippen molar-refractivity contribution in [2.45, 2.75) is 25.4 Å². The van der Waals surface area contributed by atoms with Crippen molar-refractivity contribution >= 4 is 0 Å². The van der Waals surface area contributed by atoms with Gasteiger partial charge in [-0.3, -0.25) is 0 Å². The van der Waals surface area contributed by atoms with Crippen LogP contribution in [0.15, 0.2) is 18.3 Å². The monoisotopic (exact) mass is 207 g/mol. The van der Waals surface area contributed by atoms with Gasteiger partial charge in [0.15, 0.2) is 0 Å². The molecule has 84 valence electrons. The van der Waals surface area contributed by atoms with E-state index in [1.165, 1.54) is 31.6 Å². The minimum absolute atomic E-state index is 0.705. The first kappa shape index (κ1) is 10.7. The largest absolute Gasteiger partial charge is 0.353 e. The Labute approximate surface area is 92.1 Å². The number of piperidine rings is 1. The Bertz CT molecular complexity index is 298. The average Bonchev–Trinajstić information content (AvgIpc) is 2.63. The highest BCUT2D eigenvalue weighted by Crippen LogP contribution is 2.09. The number of nitrogens with zero attached hydrogens (tertiary/aromatic N) is 2. The predicted octanol–water partition coefficient (Wildman–Crippen LogP) is 1.21. The topological polar surface area (TPSA) is 20.2 Å². The van der Waals surface area contributed by atoms with Crippen LogP contribution in [0.4, 0.5) is 0 Å². The van der Waals surface area contributed by atoms with Crippen LogP contribution in [0.25, 0.3) is 0 Å². The van der Waals surface area contributed by atoms with Gasteiger partial charge >= 0.3 is 0 Å². The van der Waals surface area contributed by atoms with Crippen molar-refractivity contribution < 1.29 is 0 Å². The number of likely N-dealkylation sites (tertiary alicyclic amines) is 1. The van der Waals surface area contributed by atoms with Gasteiger partial charge in [0.25, 0.3) is 0 Å². The van der Waals surface area contributed by atoms with Gasteiger partial charge in [0, 0.05) is 31.5 Å². The van der Waals surface area contributed by atoms with Gasteiger partial charge in [-0.05, 0) is 45.1 Å². The zero-order chi connectivity index (χ0) is 10.7. The third-order valence-electron chi connectivity index (χ3n) is 3.34. The quantitative estimate of drug-likeness (QED) is 0.804. The highest BCUT2D eigenvalue weighted by Gasteiger charge is 2.15. The van der Waals surface area contributed by atoms with Crippen LogP contribution in [-0.2, 0) is 13.6 Å². The van der Waals surface area contributed by atoms with Crippen LogP contribution in [0.2, 0.25) is 0 Å². The van der Waals surface area contributed by atoms with E-state index in [1.807, 2.05) is 0 Å². The molecule has 1 saturated heterocycles. The average molecular weight is 207 g/mol. The number of hydrogen-bond donors (Lipinski definition) is 1. The lowest BCUT2D eigenvalue weighted by atomic mass is 10.1. The van der Waals surface area contributed by atoms with Gasteiger partial charge in [-0.25, -0.2) is 0 Å². The molecule has 1 aromatic heterocycles. The number of nitrogens with one attached hydrogen (secondary N) is 1. The van der Waals surface area contributed by atoms with Gasteiger partial charge in [-0.2, -0.15) is 0 Å². The van der Waals surface area contributed by atoms with Crippen LogP contribution in [0.1, 0.15) is 18.5 Å². The Balaban J connectivity index is 1.77. The molecule has 1 N–H and O–H groups in total. The molecular formula is C12H21N3. The second-order valence-electron chi connectivity index (χ2n) is 4.57. The summed E-state index contributed by atoms with van der Waals surface area (Å²) in [5, 5.41) is 3.64. The van der Waals surface area contributed by atoms with Crippen LogP contribution >= 0.6 is 0 Å². The minimum atomic E-state index is 0.705. The molecule has 1 aromatic rings. The third-order valence-corrected chi connectivity index (χ3v) is 3.34. The molecule has 1 aliphatic heterocycles. The van der Waals surface area contributed by atoms with E-state index in [2.05, 4.69) is 47.2 Å². The second-order valence-corrected chi connectivity index (χ2v) is 4.57. The normalized spacial score (nSPS) is 19.6. The van der Waals surface area contributed by atoms with Gasteiger partial charge in [0.05, 0.1) is 0 Å². The SMILES string of the molecule is CN1CCC(NCc2cccn2C)CC1. The van der Waals surface area contributed by atoms with Crippen molar-refractivity contribution in [2.75, 3.05) is 20.1 Å². The summed E-state index contributed by atoms with van der Waals surface area (Å²) in [7, 11) is 4.30. The van der Waals surface area contributed by atoms with E-state index >= 15 is 0 Å². The first-order valence-corrected chi connectivity index (χ1v) is 5.78. The first-order chi connectivity index (χ1) is 7.25. The van der Waals surface area contributed by atoms with Crippen LogP contribution in [0, 0.1) is 0 Å². The lowest BCUT2D eigenvalue weighted by Gasteiger charge is -2.29. The van der Waals surface area contributed by atoms with Gasteiger partial charge in [-0.15, -0.1) is 0 Å². The highest BCUT2D eigenvalue weighted by atomic mass is 15.1. The fraction of sp³-hybridized carbons (Fsp3) is 0.667. The third kappa shape index (κ3) is 2.83. The number of aromatic nitrogens is 1. The zero-order valence-electron chi connectivity index (χ0n) is 9.74. The number of hydrogen-bond acceptors (Lipinski definition) is 2.